The molecule has 1 atom stereocenters. The molecule has 3 rings (SSSR count). The molecule has 1 heterocycles. The summed E-state index contributed by atoms with van der Waals surface area (Å²) in [7, 11) is 3.74. The quantitative estimate of drug-likeness (QED) is 0.594. The Morgan fingerprint density at radius 3 is 2.62 bits per heavy atom. The minimum Gasteiger partial charge on any atom is -0.497 e. The second-order valence-electron chi connectivity index (χ2n) is 8.05. The number of rotatable bonds is 6. The first-order valence-corrected chi connectivity index (χ1v) is 9.76. The number of hydrazone groups is 1. The zero-order valence-corrected chi connectivity index (χ0v) is 17.7. The van der Waals surface area contributed by atoms with E-state index in [1.54, 1.807) is 37.6 Å². The summed E-state index contributed by atoms with van der Waals surface area (Å²) in [5, 5.41) is 4.06. The molecule has 29 heavy (non-hydrogen) atoms. The van der Waals surface area contributed by atoms with E-state index in [0.29, 0.717) is 11.7 Å². The van der Waals surface area contributed by atoms with Gasteiger partial charge in [0.1, 0.15) is 11.5 Å². The van der Waals surface area contributed by atoms with Crippen LogP contribution in [0.25, 0.3) is 0 Å². The topological polar surface area (TPSA) is 63.2 Å². The van der Waals surface area contributed by atoms with Gasteiger partial charge in [0.25, 0.3) is 5.91 Å². The van der Waals surface area contributed by atoms with Gasteiger partial charge < -0.3 is 14.4 Å². The molecule has 0 saturated carbocycles. The first-order valence-electron chi connectivity index (χ1n) is 9.76. The average molecular weight is 396 g/mol. The van der Waals surface area contributed by atoms with Gasteiger partial charge in [0, 0.05) is 18.3 Å². The molecule has 0 bridgehead atoms. The fraction of sp³-hybridized carbons (Fsp3) is 0.391. The van der Waals surface area contributed by atoms with Crippen LogP contribution < -0.4 is 19.8 Å². The monoisotopic (exact) mass is 395 g/mol. The second kappa shape index (κ2) is 8.55. The Kier molecular flexibility index (Phi) is 6.11. The number of hydrogen-bond donors (Lipinski definition) is 1. The number of nitrogens with zero attached hydrogens (tertiary/aromatic N) is 2. The van der Waals surface area contributed by atoms with Crippen LogP contribution in [0.2, 0.25) is 0 Å². The second-order valence-corrected chi connectivity index (χ2v) is 8.05. The number of nitrogens with one attached hydrogen (secondary N) is 1. The van der Waals surface area contributed by atoms with Crippen molar-refractivity contribution in [2.75, 3.05) is 25.7 Å². The first kappa shape index (κ1) is 20.7. The van der Waals surface area contributed by atoms with E-state index in [9.17, 15) is 4.79 Å². The molecule has 0 aliphatic carbocycles. The van der Waals surface area contributed by atoms with Crippen LogP contribution in [-0.2, 0) is 4.79 Å². The number of benzene rings is 2. The number of ether oxygens (including phenoxy) is 2. The van der Waals surface area contributed by atoms with Gasteiger partial charge in [-0.05, 0) is 73.7 Å². The summed E-state index contributed by atoms with van der Waals surface area (Å²) in [6.45, 7) is 6.69. The van der Waals surface area contributed by atoms with Gasteiger partial charge in [-0.15, -0.1) is 0 Å². The zero-order valence-electron chi connectivity index (χ0n) is 17.7. The molecule has 1 N–H and O–H groups in total. The standard InChI is InChI=1S/C23H29N3O3/c1-16-13-23(2,3)26(4)21-11-6-17(12-20(16)21)14-24-25-22(27)15-29-19-9-7-18(28-5)8-10-19/h6-12,14,16H,13,15H2,1-5H3,(H,25,27)/b24-14-. The number of methoxy groups -OCH3 is 1. The van der Waals surface area contributed by atoms with Gasteiger partial charge in [-0.2, -0.15) is 5.10 Å². The molecule has 6 heteroatoms. The van der Waals surface area contributed by atoms with Gasteiger partial charge in [-0.3, -0.25) is 4.79 Å². The van der Waals surface area contributed by atoms with Crippen LogP contribution in [0, 0.1) is 0 Å². The molecule has 0 fully saturated rings. The van der Waals surface area contributed by atoms with Gasteiger partial charge in [0.15, 0.2) is 6.61 Å². The minimum absolute atomic E-state index is 0.106. The zero-order chi connectivity index (χ0) is 21.0. The van der Waals surface area contributed by atoms with Crippen LogP contribution in [0.15, 0.2) is 47.6 Å². The summed E-state index contributed by atoms with van der Waals surface area (Å²) in [6.07, 6.45) is 2.76. The molecule has 0 aromatic heterocycles. The van der Waals surface area contributed by atoms with Crippen molar-refractivity contribution in [1.29, 1.82) is 0 Å². The Morgan fingerprint density at radius 2 is 1.93 bits per heavy atom. The fourth-order valence-electron chi connectivity index (χ4n) is 3.71. The van der Waals surface area contributed by atoms with Crippen LogP contribution >= 0.6 is 0 Å². The van der Waals surface area contributed by atoms with E-state index in [-0.39, 0.29) is 18.1 Å². The van der Waals surface area contributed by atoms with E-state index in [1.807, 2.05) is 6.07 Å². The third kappa shape index (κ3) is 4.88. The maximum atomic E-state index is 11.9. The Balaban J connectivity index is 1.56. The third-order valence-electron chi connectivity index (χ3n) is 5.49. The lowest BCUT2D eigenvalue weighted by atomic mass is 9.80. The summed E-state index contributed by atoms with van der Waals surface area (Å²) in [5.41, 5.74) is 6.17. The van der Waals surface area contributed by atoms with E-state index >= 15 is 0 Å². The van der Waals surface area contributed by atoms with Gasteiger partial charge >= 0.3 is 0 Å². The molecule has 6 nitrogen and oxygen atoms in total. The Bertz CT molecular complexity index is 891. The predicted molar refractivity (Wildman–Crippen MR) is 116 cm³/mol. The minimum atomic E-state index is -0.315. The number of hydrogen-bond acceptors (Lipinski definition) is 5. The summed E-state index contributed by atoms with van der Waals surface area (Å²) in [4.78, 5) is 14.3. The summed E-state index contributed by atoms with van der Waals surface area (Å²) in [5.74, 6) is 1.49. The first-order chi connectivity index (χ1) is 13.8. The summed E-state index contributed by atoms with van der Waals surface area (Å²) >= 11 is 0. The van der Waals surface area contributed by atoms with E-state index in [1.165, 1.54) is 11.3 Å². The highest BCUT2D eigenvalue weighted by Crippen LogP contribution is 2.42. The van der Waals surface area contributed by atoms with Crippen LogP contribution in [0.4, 0.5) is 5.69 Å². The molecule has 1 aliphatic rings. The van der Waals surface area contributed by atoms with Crippen molar-refractivity contribution in [3.8, 4) is 11.5 Å². The SMILES string of the molecule is COc1ccc(OCC(=O)N/N=C\c2ccc3c(c2)C(C)CC(C)(C)N3C)cc1. The van der Waals surface area contributed by atoms with Crippen LogP contribution in [-0.4, -0.2) is 38.4 Å². The number of amides is 1. The van der Waals surface area contributed by atoms with Gasteiger partial charge in [-0.1, -0.05) is 13.0 Å². The molecular formula is C23H29N3O3. The number of carbonyl (C=O) groups is 1. The van der Waals surface area contributed by atoms with E-state index < -0.39 is 0 Å². The van der Waals surface area contributed by atoms with Gasteiger partial charge in [0.2, 0.25) is 0 Å². The van der Waals surface area contributed by atoms with Crippen molar-refractivity contribution in [2.24, 2.45) is 5.10 Å². The molecule has 1 aliphatic heterocycles. The molecule has 2 aromatic carbocycles. The van der Waals surface area contributed by atoms with Crippen molar-refractivity contribution in [2.45, 2.75) is 38.6 Å². The number of carbonyl (C=O) groups excluding carboxylic acids is 1. The smallest absolute Gasteiger partial charge is 0.277 e. The lowest BCUT2D eigenvalue weighted by Gasteiger charge is -2.45. The van der Waals surface area contributed by atoms with Crippen LogP contribution in [0.3, 0.4) is 0 Å². The van der Waals surface area contributed by atoms with E-state index in [2.05, 4.69) is 55.4 Å². The van der Waals surface area contributed by atoms with Crippen molar-refractivity contribution < 1.29 is 14.3 Å². The molecule has 2 aromatic rings. The largest absolute Gasteiger partial charge is 0.497 e. The van der Waals surface area contributed by atoms with Crippen molar-refractivity contribution >= 4 is 17.8 Å². The Hall–Kier alpha value is -3.02. The maximum Gasteiger partial charge on any atom is 0.277 e. The molecule has 0 spiro atoms. The molecule has 0 saturated heterocycles. The Morgan fingerprint density at radius 1 is 1.24 bits per heavy atom. The van der Waals surface area contributed by atoms with Crippen molar-refractivity contribution in [1.82, 2.24) is 5.43 Å². The lowest BCUT2D eigenvalue weighted by Crippen LogP contribution is -2.45. The predicted octanol–water partition coefficient (Wildman–Crippen LogP) is 3.95. The summed E-state index contributed by atoms with van der Waals surface area (Å²) < 4.78 is 10.5. The van der Waals surface area contributed by atoms with Gasteiger partial charge in [-0.25, -0.2) is 5.43 Å². The normalized spacial score (nSPS) is 17.7. The molecular weight excluding hydrogens is 366 g/mol. The van der Waals surface area contributed by atoms with Crippen molar-refractivity contribution in [3.05, 3.63) is 53.6 Å². The highest BCUT2D eigenvalue weighted by molar-refractivity contribution is 5.84. The molecule has 154 valence electrons. The number of fused-ring (bicyclic) bond motifs is 1. The Labute approximate surface area is 172 Å². The number of anilines is 1. The van der Waals surface area contributed by atoms with Gasteiger partial charge in [0.05, 0.1) is 13.3 Å². The van der Waals surface area contributed by atoms with Crippen LogP contribution in [0.5, 0.6) is 11.5 Å². The van der Waals surface area contributed by atoms with Crippen LogP contribution in [0.1, 0.15) is 44.2 Å². The highest BCUT2D eigenvalue weighted by Gasteiger charge is 2.33. The lowest BCUT2D eigenvalue weighted by molar-refractivity contribution is -0.123. The molecule has 1 unspecified atom stereocenters. The fourth-order valence-corrected chi connectivity index (χ4v) is 3.71. The molecule has 0 radical (unpaired) electrons. The van der Waals surface area contributed by atoms with Crippen molar-refractivity contribution in [3.63, 3.8) is 0 Å². The maximum absolute atomic E-state index is 11.9. The summed E-state index contributed by atoms with van der Waals surface area (Å²) in [6, 6.07) is 13.4. The van der Waals surface area contributed by atoms with E-state index in [0.717, 1.165) is 17.7 Å². The average Bonchev–Trinajstić information content (AvgIpc) is 2.71. The van der Waals surface area contributed by atoms with E-state index in [4.69, 9.17) is 9.47 Å². The molecule has 1 amide bonds. The highest BCUT2D eigenvalue weighted by atomic mass is 16.5. The third-order valence-corrected chi connectivity index (χ3v) is 5.49.